The van der Waals surface area contributed by atoms with Crippen LogP contribution in [0.2, 0.25) is 5.02 Å². The molecule has 0 aliphatic heterocycles. The predicted octanol–water partition coefficient (Wildman–Crippen LogP) is 4.95. The molecule has 5 nitrogen and oxygen atoms in total. The molecule has 0 spiro atoms. The van der Waals surface area contributed by atoms with E-state index in [1.807, 2.05) is 19.1 Å². The minimum Gasteiger partial charge on any atom is -0.407 e. The molecule has 0 aliphatic carbocycles. The summed E-state index contributed by atoms with van der Waals surface area (Å²) >= 11 is 5.95. The number of halogens is 2. The lowest BCUT2D eigenvalue weighted by Gasteiger charge is -2.10. The number of nitrogens with zero attached hydrogens (tertiary/aromatic N) is 2. The smallest absolute Gasteiger partial charge is 0.407 e. The molecule has 1 aromatic heterocycles. The Balaban J connectivity index is 1.63. The van der Waals surface area contributed by atoms with E-state index in [-0.39, 0.29) is 5.82 Å². The van der Waals surface area contributed by atoms with E-state index in [4.69, 9.17) is 16.3 Å². The molecule has 7 heteroatoms. The number of carbonyl (C=O) groups excluding carboxylic acids is 1. The van der Waals surface area contributed by atoms with Gasteiger partial charge in [0.1, 0.15) is 5.82 Å². The summed E-state index contributed by atoms with van der Waals surface area (Å²) < 4.78 is 20.1. The van der Waals surface area contributed by atoms with Crippen molar-refractivity contribution >= 4 is 17.7 Å². The third-order valence-electron chi connectivity index (χ3n) is 4.19. The van der Waals surface area contributed by atoms with E-state index in [9.17, 15) is 9.18 Å². The fraction of sp³-hybridized carbons (Fsp3) is 0.238. The van der Waals surface area contributed by atoms with Crippen LogP contribution in [-0.2, 0) is 12.8 Å². The zero-order valence-corrected chi connectivity index (χ0v) is 16.2. The Labute approximate surface area is 168 Å². The van der Waals surface area contributed by atoms with Gasteiger partial charge in [-0.25, -0.2) is 13.9 Å². The Kier molecular flexibility index (Phi) is 6.66. The number of benzene rings is 2. The van der Waals surface area contributed by atoms with Gasteiger partial charge < -0.3 is 10.1 Å². The number of amides is 1. The molecule has 0 fully saturated rings. The lowest BCUT2D eigenvalue weighted by atomic mass is 10.1. The highest BCUT2D eigenvalue weighted by Gasteiger charge is 2.16. The summed E-state index contributed by atoms with van der Waals surface area (Å²) in [6, 6.07) is 13.5. The van der Waals surface area contributed by atoms with E-state index >= 15 is 0 Å². The van der Waals surface area contributed by atoms with Crippen LogP contribution in [0.5, 0.6) is 5.75 Å². The number of nitrogens with one attached hydrogen (secondary N) is 1. The maximum Gasteiger partial charge on any atom is 0.412 e. The third-order valence-corrected chi connectivity index (χ3v) is 4.44. The van der Waals surface area contributed by atoms with Crippen LogP contribution in [0.3, 0.4) is 0 Å². The van der Waals surface area contributed by atoms with Crippen molar-refractivity contribution < 1.29 is 13.9 Å². The van der Waals surface area contributed by atoms with Crippen LogP contribution in [-0.4, -0.2) is 22.4 Å². The van der Waals surface area contributed by atoms with Gasteiger partial charge in [-0.05, 0) is 54.8 Å². The molecule has 0 bridgehead atoms. The summed E-state index contributed by atoms with van der Waals surface area (Å²) in [6.07, 6.45) is 3.17. The van der Waals surface area contributed by atoms with Gasteiger partial charge in [-0.2, -0.15) is 5.10 Å². The molecular formula is C21H21ClFN3O2. The van der Waals surface area contributed by atoms with Gasteiger partial charge in [-0.1, -0.05) is 37.1 Å². The normalized spacial score (nSPS) is 10.7. The molecule has 0 atom stereocenters. The molecule has 1 heterocycles. The van der Waals surface area contributed by atoms with E-state index < -0.39 is 6.09 Å². The first-order chi connectivity index (χ1) is 13.6. The molecule has 0 saturated carbocycles. The number of rotatable bonds is 7. The molecule has 0 radical (unpaired) electrons. The van der Waals surface area contributed by atoms with Crippen LogP contribution in [0, 0.1) is 5.82 Å². The Morgan fingerprint density at radius 2 is 1.86 bits per heavy atom. The minimum absolute atomic E-state index is 0.280. The SMILES string of the molecule is CCCc1c(OC(=O)NCCc2ccc(F)cc2)cnn1-c1ccc(Cl)cc1. The number of ether oxygens (including phenoxy) is 1. The van der Waals surface area contributed by atoms with E-state index in [1.165, 1.54) is 12.1 Å². The molecule has 146 valence electrons. The predicted molar refractivity (Wildman–Crippen MR) is 107 cm³/mol. The van der Waals surface area contributed by atoms with Gasteiger partial charge in [-0.15, -0.1) is 0 Å². The maximum atomic E-state index is 12.9. The van der Waals surface area contributed by atoms with Crippen molar-refractivity contribution in [1.29, 1.82) is 0 Å². The lowest BCUT2D eigenvalue weighted by molar-refractivity contribution is 0.200. The molecule has 0 saturated heterocycles. The molecule has 1 amide bonds. The van der Waals surface area contributed by atoms with Crippen LogP contribution >= 0.6 is 11.6 Å². The Morgan fingerprint density at radius 1 is 1.14 bits per heavy atom. The second kappa shape index (κ2) is 9.37. The summed E-state index contributed by atoms with van der Waals surface area (Å²) in [5.74, 6) is 0.147. The highest BCUT2D eigenvalue weighted by molar-refractivity contribution is 6.30. The first-order valence-corrected chi connectivity index (χ1v) is 9.47. The van der Waals surface area contributed by atoms with Crippen LogP contribution in [0.25, 0.3) is 5.69 Å². The van der Waals surface area contributed by atoms with Crippen molar-refractivity contribution in [1.82, 2.24) is 15.1 Å². The van der Waals surface area contributed by atoms with Crippen molar-refractivity contribution in [2.45, 2.75) is 26.2 Å². The number of aromatic nitrogens is 2. The molecule has 0 aliphatic rings. The van der Waals surface area contributed by atoms with Crippen molar-refractivity contribution in [2.75, 3.05) is 6.54 Å². The third kappa shape index (κ3) is 5.10. The first kappa shape index (κ1) is 19.9. The number of hydrogen-bond acceptors (Lipinski definition) is 3. The van der Waals surface area contributed by atoms with Crippen molar-refractivity contribution in [2.24, 2.45) is 0 Å². The van der Waals surface area contributed by atoms with Crippen molar-refractivity contribution in [3.8, 4) is 11.4 Å². The Morgan fingerprint density at radius 3 is 2.54 bits per heavy atom. The minimum atomic E-state index is -0.546. The fourth-order valence-electron chi connectivity index (χ4n) is 2.81. The average Bonchev–Trinajstić information content (AvgIpc) is 3.07. The van der Waals surface area contributed by atoms with Crippen LogP contribution in [0.4, 0.5) is 9.18 Å². The summed E-state index contributed by atoms with van der Waals surface area (Å²) in [6.45, 7) is 2.44. The second-order valence-electron chi connectivity index (χ2n) is 6.29. The largest absolute Gasteiger partial charge is 0.412 e. The van der Waals surface area contributed by atoms with Crippen molar-refractivity contribution in [3.63, 3.8) is 0 Å². The van der Waals surface area contributed by atoms with E-state index in [2.05, 4.69) is 10.4 Å². The molecule has 3 aromatic rings. The highest BCUT2D eigenvalue weighted by Crippen LogP contribution is 2.24. The monoisotopic (exact) mass is 401 g/mol. The summed E-state index contributed by atoms with van der Waals surface area (Å²) in [7, 11) is 0. The standard InChI is InChI=1S/C21H21ClFN3O2/c1-2-3-19-20(14-25-26(19)18-10-6-16(22)7-11-18)28-21(27)24-13-12-15-4-8-17(23)9-5-15/h4-11,14H,2-3,12-13H2,1H3,(H,24,27). The van der Waals surface area contributed by atoms with Gasteiger partial charge in [0.15, 0.2) is 5.75 Å². The Hall–Kier alpha value is -2.86. The summed E-state index contributed by atoms with van der Waals surface area (Å²) in [4.78, 5) is 12.2. The van der Waals surface area contributed by atoms with Gasteiger partial charge in [0, 0.05) is 11.6 Å². The zero-order valence-electron chi connectivity index (χ0n) is 15.5. The highest BCUT2D eigenvalue weighted by atomic mass is 35.5. The molecule has 1 N–H and O–H groups in total. The van der Waals surface area contributed by atoms with Gasteiger partial charge in [0.2, 0.25) is 0 Å². The quantitative estimate of drug-likeness (QED) is 0.609. The van der Waals surface area contributed by atoms with Crippen LogP contribution < -0.4 is 10.1 Å². The topological polar surface area (TPSA) is 56.1 Å². The van der Waals surface area contributed by atoms with E-state index in [1.54, 1.807) is 35.1 Å². The molecule has 3 rings (SSSR count). The average molecular weight is 402 g/mol. The molecule has 28 heavy (non-hydrogen) atoms. The number of carbonyl (C=O) groups is 1. The Bertz CT molecular complexity index is 924. The molecular weight excluding hydrogens is 381 g/mol. The number of hydrogen-bond donors (Lipinski definition) is 1. The van der Waals surface area contributed by atoms with E-state index in [0.29, 0.717) is 30.2 Å². The van der Waals surface area contributed by atoms with Crippen LogP contribution in [0.1, 0.15) is 24.6 Å². The van der Waals surface area contributed by atoms with Gasteiger partial charge in [0.05, 0.1) is 17.6 Å². The zero-order chi connectivity index (χ0) is 19.9. The van der Waals surface area contributed by atoms with E-state index in [0.717, 1.165) is 23.4 Å². The van der Waals surface area contributed by atoms with Gasteiger partial charge in [-0.3, -0.25) is 0 Å². The van der Waals surface area contributed by atoms with Gasteiger partial charge >= 0.3 is 6.09 Å². The van der Waals surface area contributed by atoms with Gasteiger partial charge in [0.25, 0.3) is 0 Å². The lowest BCUT2D eigenvalue weighted by Crippen LogP contribution is -2.29. The second-order valence-corrected chi connectivity index (χ2v) is 6.72. The van der Waals surface area contributed by atoms with Crippen LogP contribution in [0.15, 0.2) is 54.7 Å². The molecule has 2 aromatic carbocycles. The summed E-state index contributed by atoms with van der Waals surface area (Å²) in [5.41, 5.74) is 2.60. The van der Waals surface area contributed by atoms with Crippen molar-refractivity contribution in [3.05, 3.63) is 76.8 Å². The maximum absolute atomic E-state index is 12.9. The fourth-order valence-corrected chi connectivity index (χ4v) is 2.94. The summed E-state index contributed by atoms with van der Waals surface area (Å²) in [5, 5.41) is 7.71. The first-order valence-electron chi connectivity index (χ1n) is 9.09. The molecule has 0 unspecified atom stereocenters.